The first-order valence-electron chi connectivity index (χ1n) is 8.58. The van der Waals surface area contributed by atoms with E-state index in [0.29, 0.717) is 12.2 Å². The van der Waals surface area contributed by atoms with E-state index < -0.39 is 50.1 Å². The Morgan fingerprint density at radius 2 is 2.04 bits per heavy atom. The summed E-state index contributed by atoms with van der Waals surface area (Å²) in [7, 11) is -1.92. The van der Waals surface area contributed by atoms with Gasteiger partial charge >= 0.3 is 11.9 Å². The highest BCUT2D eigenvalue weighted by Crippen LogP contribution is 2.42. The molecule has 2 amide bonds. The van der Waals surface area contributed by atoms with Crippen molar-refractivity contribution >= 4 is 43.0 Å². The maximum Gasteiger partial charge on any atom is 0.397 e. The third-order valence-corrected chi connectivity index (χ3v) is 6.45. The Kier molecular flexibility index (Phi) is 6.46. The van der Waals surface area contributed by atoms with Crippen molar-refractivity contribution in [3.8, 4) is 0 Å². The van der Waals surface area contributed by atoms with Crippen LogP contribution in [0.15, 0.2) is 12.7 Å². The van der Waals surface area contributed by atoms with Gasteiger partial charge in [-0.15, -0.1) is 0 Å². The number of amides is 2. The van der Waals surface area contributed by atoms with Gasteiger partial charge in [0.1, 0.15) is 6.61 Å². The minimum atomic E-state index is -1.92. The number of ether oxygens (including phenoxy) is 1. The van der Waals surface area contributed by atoms with E-state index in [1.807, 2.05) is 19.6 Å². The van der Waals surface area contributed by atoms with Crippen LogP contribution in [-0.2, 0) is 28.3 Å². The van der Waals surface area contributed by atoms with Crippen LogP contribution in [0.4, 0.5) is 0 Å². The molecule has 2 rings (SSSR count). The summed E-state index contributed by atoms with van der Waals surface area (Å²) in [5.41, 5.74) is 0. The summed E-state index contributed by atoms with van der Waals surface area (Å²) < 4.78 is 10.8. The van der Waals surface area contributed by atoms with E-state index >= 15 is 0 Å². The van der Waals surface area contributed by atoms with E-state index in [-0.39, 0.29) is 11.7 Å². The van der Waals surface area contributed by atoms with E-state index in [0.717, 1.165) is 4.90 Å². The number of carbonyl (C=O) groups is 4. The molecule has 0 saturated carbocycles. The van der Waals surface area contributed by atoms with Crippen LogP contribution in [0, 0.1) is 11.8 Å². The lowest BCUT2D eigenvalue weighted by atomic mass is 9.75. The van der Waals surface area contributed by atoms with Gasteiger partial charge in [0.15, 0.2) is 13.4 Å². The van der Waals surface area contributed by atoms with Gasteiger partial charge in [-0.2, -0.15) is 0 Å². The molecule has 2 saturated heterocycles. The number of imide groups is 1. The van der Waals surface area contributed by atoms with Gasteiger partial charge in [-0.1, -0.05) is 24.4 Å². The smallest absolute Gasteiger partial charge is 0.397 e. The maximum absolute atomic E-state index is 12.7. The lowest BCUT2D eigenvalue weighted by Crippen LogP contribution is -2.70. The van der Waals surface area contributed by atoms with Crippen molar-refractivity contribution in [3.05, 3.63) is 12.7 Å². The number of hydrogen-bond acceptors (Lipinski definition) is 7. The van der Waals surface area contributed by atoms with Gasteiger partial charge in [0.25, 0.3) is 0 Å². The van der Waals surface area contributed by atoms with Crippen LogP contribution < -0.4 is 0 Å². The Bertz CT molecular complexity index is 631. The van der Waals surface area contributed by atoms with E-state index in [1.165, 1.54) is 17.8 Å². The number of likely N-dealkylation sites (tertiary alicyclic amines) is 1. The molecule has 0 radical (unpaired) electrons. The predicted molar refractivity (Wildman–Crippen MR) is 99.8 cm³/mol. The molecule has 0 spiro atoms. The molecular formula is C17H25NO6SSi. The zero-order valence-corrected chi connectivity index (χ0v) is 17.3. The SMILES string of the molecule is C=CCOC(=O)C(=O)N1C(=O)[C@H]([C@@H](C)O[Si](C)(C)C)[C@H]1[C@H]1CCSC1=O. The molecule has 0 aromatic rings. The Morgan fingerprint density at radius 1 is 1.38 bits per heavy atom. The first kappa shape index (κ1) is 20.9. The molecule has 0 aromatic carbocycles. The maximum atomic E-state index is 12.7. The summed E-state index contributed by atoms with van der Waals surface area (Å²) in [6.07, 6.45) is 1.49. The van der Waals surface area contributed by atoms with Crippen molar-refractivity contribution in [2.75, 3.05) is 12.4 Å². The van der Waals surface area contributed by atoms with Crippen molar-refractivity contribution in [1.29, 1.82) is 0 Å². The fourth-order valence-corrected chi connectivity index (χ4v) is 5.73. The number of rotatable bonds is 6. The van der Waals surface area contributed by atoms with Gasteiger partial charge in [0.2, 0.25) is 5.91 Å². The summed E-state index contributed by atoms with van der Waals surface area (Å²) in [5, 5.41) is -0.0510. The predicted octanol–water partition coefficient (Wildman–Crippen LogP) is 1.59. The molecule has 9 heteroatoms. The van der Waals surface area contributed by atoms with E-state index in [9.17, 15) is 19.2 Å². The summed E-state index contributed by atoms with van der Waals surface area (Å²) in [5.74, 6) is -3.04. The van der Waals surface area contributed by atoms with Gasteiger partial charge in [0.05, 0.1) is 24.0 Å². The highest BCUT2D eigenvalue weighted by Gasteiger charge is 2.59. The summed E-state index contributed by atoms with van der Waals surface area (Å²) >= 11 is 1.20. The Labute approximate surface area is 158 Å². The van der Waals surface area contributed by atoms with Crippen molar-refractivity contribution in [2.45, 2.75) is 45.1 Å². The third kappa shape index (κ3) is 4.26. The standard InChI is InChI=1S/C17H25NO6SSi/c1-6-8-23-16(21)15(20)18-13(11-7-9-25-17(11)22)12(14(18)19)10(2)24-26(3,4)5/h6,10-13H,1,7-9H2,2-5H3/t10-,11-,12-,13-/m1/s1. The summed E-state index contributed by atoms with van der Waals surface area (Å²) in [4.78, 5) is 50.1. The first-order valence-corrected chi connectivity index (χ1v) is 13.0. The van der Waals surface area contributed by atoms with Crippen LogP contribution in [0.3, 0.4) is 0 Å². The van der Waals surface area contributed by atoms with Crippen LogP contribution in [0.1, 0.15) is 13.3 Å². The lowest BCUT2D eigenvalue weighted by Gasteiger charge is -2.50. The van der Waals surface area contributed by atoms with Gasteiger partial charge < -0.3 is 9.16 Å². The zero-order valence-electron chi connectivity index (χ0n) is 15.5. The van der Waals surface area contributed by atoms with Crippen LogP contribution >= 0.6 is 11.8 Å². The highest BCUT2D eigenvalue weighted by molar-refractivity contribution is 8.14. The number of hydrogen-bond donors (Lipinski definition) is 0. The number of nitrogens with zero attached hydrogens (tertiary/aromatic N) is 1. The molecule has 26 heavy (non-hydrogen) atoms. The third-order valence-electron chi connectivity index (χ3n) is 4.35. The molecule has 0 aromatic heterocycles. The Balaban J connectivity index is 2.23. The molecule has 2 fully saturated rings. The molecule has 0 aliphatic carbocycles. The summed E-state index contributed by atoms with van der Waals surface area (Å²) in [6.45, 7) is 11.1. The number of thioether (sulfide) groups is 1. The Hall–Kier alpha value is -1.45. The summed E-state index contributed by atoms with van der Waals surface area (Å²) in [6, 6.07) is -0.653. The lowest BCUT2D eigenvalue weighted by molar-refractivity contribution is -0.182. The fraction of sp³-hybridized carbons (Fsp3) is 0.647. The second-order valence-electron chi connectivity index (χ2n) is 7.41. The second-order valence-corrected chi connectivity index (χ2v) is 13.0. The van der Waals surface area contributed by atoms with Crippen molar-refractivity contribution in [3.63, 3.8) is 0 Å². The van der Waals surface area contributed by atoms with E-state index in [4.69, 9.17) is 9.16 Å². The van der Waals surface area contributed by atoms with Gasteiger partial charge in [-0.05, 0) is 33.0 Å². The highest BCUT2D eigenvalue weighted by atomic mass is 32.2. The zero-order chi connectivity index (χ0) is 19.6. The molecule has 7 nitrogen and oxygen atoms in total. The van der Waals surface area contributed by atoms with Crippen LogP contribution in [0.2, 0.25) is 19.6 Å². The molecule has 4 atom stereocenters. The molecule has 0 unspecified atom stereocenters. The molecular weight excluding hydrogens is 374 g/mol. The van der Waals surface area contributed by atoms with Crippen LogP contribution in [0.25, 0.3) is 0 Å². The van der Waals surface area contributed by atoms with Gasteiger partial charge in [-0.3, -0.25) is 19.3 Å². The van der Waals surface area contributed by atoms with Crippen LogP contribution in [-0.4, -0.2) is 60.6 Å². The molecule has 144 valence electrons. The Morgan fingerprint density at radius 3 is 2.54 bits per heavy atom. The molecule has 2 aliphatic rings. The van der Waals surface area contributed by atoms with E-state index in [2.05, 4.69) is 6.58 Å². The van der Waals surface area contributed by atoms with Gasteiger partial charge in [-0.25, -0.2) is 4.79 Å². The first-order chi connectivity index (χ1) is 12.1. The normalized spacial score (nSPS) is 27.1. The van der Waals surface area contributed by atoms with Crippen LogP contribution in [0.5, 0.6) is 0 Å². The molecule has 2 heterocycles. The van der Waals surface area contributed by atoms with Crippen molar-refractivity contribution < 1.29 is 28.3 Å². The minimum absolute atomic E-state index is 0.0510. The van der Waals surface area contributed by atoms with Crippen molar-refractivity contribution in [1.82, 2.24) is 4.90 Å². The number of β-lactam (4-membered cyclic amide) rings is 1. The average molecular weight is 400 g/mol. The average Bonchev–Trinajstić information content (AvgIpc) is 2.93. The molecule has 0 bridgehead atoms. The quantitative estimate of drug-likeness (QED) is 0.220. The van der Waals surface area contributed by atoms with E-state index in [1.54, 1.807) is 6.92 Å². The molecule has 2 aliphatic heterocycles. The topological polar surface area (TPSA) is 90.0 Å². The number of carbonyl (C=O) groups excluding carboxylic acids is 4. The fourth-order valence-electron chi connectivity index (χ4n) is 3.42. The monoisotopic (exact) mass is 399 g/mol. The van der Waals surface area contributed by atoms with Gasteiger partial charge in [0, 0.05) is 5.75 Å². The largest absolute Gasteiger partial charge is 0.454 e. The second kappa shape index (κ2) is 8.06. The molecule has 0 N–H and O–H groups in total. The van der Waals surface area contributed by atoms with Crippen molar-refractivity contribution in [2.24, 2.45) is 11.8 Å². The minimum Gasteiger partial charge on any atom is -0.454 e. The number of esters is 1.